The molecule has 0 unspecified atom stereocenters. The zero-order chi connectivity index (χ0) is 16.8. The van der Waals surface area contributed by atoms with Crippen LogP contribution in [0.1, 0.15) is 25.1 Å². The van der Waals surface area contributed by atoms with Crippen molar-refractivity contribution in [2.24, 2.45) is 0 Å². The highest BCUT2D eigenvalue weighted by atomic mass is 32.2. The minimum atomic E-state index is -0.266. The number of carbonyl (C=O) groups excluding carboxylic acids is 1. The van der Waals surface area contributed by atoms with Crippen LogP contribution in [0.2, 0.25) is 0 Å². The number of halogens is 1. The fraction of sp³-hybridized carbons (Fsp3) is 0.375. The van der Waals surface area contributed by atoms with Gasteiger partial charge >= 0.3 is 0 Å². The Hall–Kier alpha value is -1.86. The van der Waals surface area contributed by atoms with Crippen molar-refractivity contribution in [3.05, 3.63) is 47.5 Å². The summed E-state index contributed by atoms with van der Waals surface area (Å²) in [5, 5.41) is 12.8. The van der Waals surface area contributed by atoms with E-state index in [1.165, 1.54) is 24.0 Å². The van der Waals surface area contributed by atoms with Crippen molar-refractivity contribution in [2.75, 3.05) is 0 Å². The molecule has 1 heterocycles. The average molecular weight is 337 g/mol. The Morgan fingerprint density at radius 2 is 2.17 bits per heavy atom. The van der Waals surface area contributed by atoms with Crippen molar-refractivity contribution in [2.45, 2.75) is 44.0 Å². The van der Waals surface area contributed by atoms with Gasteiger partial charge in [-0.1, -0.05) is 30.0 Å². The summed E-state index contributed by atoms with van der Waals surface area (Å²) in [6.45, 7) is 3.63. The first-order valence-electron chi connectivity index (χ1n) is 7.32. The predicted molar refractivity (Wildman–Crippen MR) is 87.4 cm³/mol. The molecule has 7 heteroatoms. The van der Waals surface area contributed by atoms with Crippen LogP contribution in [0.5, 0.6) is 0 Å². The summed E-state index contributed by atoms with van der Waals surface area (Å²) >= 11 is 1.33. The van der Waals surface area contributed by atoms with Crippen molar-refractivity contribution in [3.8, 4) is 0 Å². The summed E-state index contributed by atoms with van der Waals surface area (Å²) in [6.07, 6.45) is 1.53. The van der Waals surface area contributed by atoms with Crippen molar-refractivity contribution in [3.63, 3.8) is 0 Å². The van der Waals surface area contributed by atoms with Gasteiger partial charge in [-0.2, -0.15) is 0 Å². The van der Waals surface area contributed by atoms with Crippen molar-refractivity contribution in [1.82, 2.24) is 14.9 Å². The molecule has 2 aromatic rings. The van der Waals surface area contributed by atoms with E-state index in [4.69, 9.17) is 0 Å². The summed E-state index contributed by atoms with van der Waals surface area (Å²) in [7, 11) is 0. The number of benzene rings is 1. The Labute approximate surface area is 138 Å². The summed E-state index contributed by atoms with van der Waals surface area (Å²) in [5.74, 6) is -0.0149. The predicted octanol–water partition coefficient (Wildman–Crippen LogP) is 2.33. The Morgan fingerprint density at radius 3 is 2.83 bits per heavy atom. The number of carbonyl (C=O) groups is 1. The van der Waals surface area contributed by atoms with Crippen molar-refractivity contribution < 1.29 is 14.3 Å². The maximum atomic E-state index is 13.7. The molecule has 2 rings (SSSR count). The Balaban J connectivity index is 2.11. The second-order valence-corrected chi connectivity index (χ2v) is 6.32. The second-order valence-electron chi connectivity index (χ2n) is 5.38. The zero-order valence-corrected chi connectivity index (χ0v) is 13.9. The minimum Gasteiger partial charge on any atom is -0.390 e. The number of aromatic nitrogens is 2. The smallest absolute Gasteiger partial charge is 0.240 e. The van der Waals surface area contributed by atoms with Gasteiger partial charge in [-0.05, 0) is 25.5 Å². The van der Waals surface area contributed by atoms with Gasteiger partial charge in [-0.15, -0.1) is 0 Å². The van der Waals surface area contributed by atoms with Gasteiger partial charge in [0.2, 0.25) is 5.91 Å². The number of hydrogen-bond acceptors (Lipinski definition) is 4. The van der Waals surface area contributed by atoms with Crippen LogP contribution < -0.4 is 5.32 Å². The monoisotopic (exact) mass is 337 g/mol. The number of aliphatic hydroxyl groups excluding tert-OH is 1. The fourth-order valence-electron chi connectivity index (χ4n) is 2.07. The van der Waals surface area contributed by atoms with E-state index in [-0.39, 0.29) is 30.9 Å². The van der Waals surface area contributed by atoms with Gasteiger partial charge in [0.1, 0.15) is 12.4 Å². The number of amides is 1. The Kier molecular flexibility index (Phi) is 6.18. The molecule has 0 spiro atoms. The van der Waals surface area contributed by atoms with E-state index in [0.29, 0.717) is 22.2 Å². The molecule has 0 bridgehead atoms. The first-order valence-corrected chi connectivity index (χ1v) is 8.30. The van der Waals surface area contributed by atoms with E-state index >= 15 is 0 Å². The van der Waals surface area contributed by atoms with Gasteiger partial charge in [-0.3, -0.25) is 4.79 Å². The van der Waals surface area contributed by atoms with Gasteiger partial charge in [0, 0.05) is 11.8 Å². The van der Waals surface area contributed by atoms with Crippen molar-refractivity contribution >= 4 is 17.7 Å². The highest BCUT2D eigenvalue weighted by molar-refractivity contribution is 7.98. The summed E-state index contributed by atoms with van der Waals surface area (Å²) in [5.41, 5.74) is 1.13. The van der Waals surface area contributed by atoms with E-state index < -0.39 is 0 Å². The van der Waals surface area contributed by atoms with E-state index in [2.05, 4.69) is 10.3 Å². The van der Waals surface area contributed by atoms with Gasteiger partial charge in [0.05, 0.1) is 18.5 Å². The van der Waals surface area contributed by atoms with Gasteiger partial charge < -0.3 is 15.0 Å². The normalized spacial score (nSPS) is 11.0. The molecule has 23 heavy (non-hydrogen) atoms. The molecular formula is C16H20FN3O2S. The lowest BCUT2D eigenvalue weighted by molar-refractivity contribution is -0.122. The van der Waals surface area contributed by atoms with Crippen LogP contribution in [-0.2, 0) is 23.7 Å². The molecule has 0 aliphatic heterocycles. The molecule has 0 saturated heterocycles. The van der Waals surface area contributed by atoms with Gasteiger partial charge in [0.15, 0.2) is 5.16 Å². The molecule has 1 aromatic carbocycles. The second kappa shape index (κ2) is 8.12. The molecule has 1 aromatic heterocycles. The van der Waals surface area contributed by atoms with Crippen LogP contribution in [0.3, 0.4) is 0 Å². The third-order valence-corrected chi connectivity index (χ3v) is 4.17. The molecule has 5 nitrogen and oxygen atoms in total. The van der Waals surface area contributed by atoms with E-state index in [0.717, 1.165) is 0 Å². The van der Waals surface area contributed by atoms with E-state index in [1.54, 1.807) is 22.8 Å². The van der Waals surface area contributed by atoms with Crippen molar-refractivity contribution in [1.29, 1.82) is 0 Å². The first kappa shape index (κ1) is 17.5. The largest absolute Gasteiger partial charge is 0.390 e. The van der Waals surface area contributed by atoms with Gasteiger partial charge in [-0.25, -0.2) is 9.37 Å². The Morgan fingerprint density at radius 1 is 1.43 bits per heavy atom. The quantitative estimate of drug-likeness (QED) is 0.761. The minimum absolute atomic E-state index is 0.0399. The zero-order valence-electron chi connectivity index (χ0n) is 13.1. The number of aliphatic hydroxyl groups is 1. The number of thioether (sulfide) groups is 1. The maximum Gasteiger partial charge on any atom is 0.240 e. The summed E-state index contributed by atoms with van der Waals surface area (Å²) < 4.78 is 15.3. The first-order chi connectivity index (χ1) is 11.0. The number of rotatable bonds is 7. The fourth-order valence-corrected chi connectivity index (χ4v) is 3.06. The number of hydrogen-bond donors (Lipinski definition) is 2. The molecule has 1 amide bonds. The molecule has 0 fully saturated rings. The van der Waals surface area contributed by atoms with Crippen LogP contribution in [-0.4, -0.2) is 26.6 Å². The maximum absolute atomic E-state index is 13.7. The molecule has 0 aliphatic rings. The van der Waals surface area contributed by atoms with Crippen LogP contribution in [0.4, 0.5) is 4.39 Å². The molecule has 0 aliphatic carbocycles. The third kappa shape index (κ3) is 4.80. The van der Waals surface area contributed by atoms with E-state index in [9.17, 15) is 14.3 Å². The van der Waals surface area contributed by atoms with Crippen LogP contribution in [0.25, 0.3) is 0 Å². The molecule has 124 valence electrons. The van der Waals surface area contributed by atoms with Crippen LogP contribution >= 0.6 is 11.8 Å². The SMILES string of the molecule is CC(C)NC(=O)Cn1c(CO)cnc1SCc1ccccc1F. The van der Waals surface area contributed by atoms with E-state index in [1.807, 2.05) is 13.8 Å². The highest BCUT2D eigenvalue weighted by Gasteiger charge is 2.14. The topological polar surface area (TPSA) is 67.2 Å². The average Bonchev–Trinajstić information content (AvgIpc) is 2.87. The van der Waals surface area contributed by atoms with Gasteiger partial charge in [0.25, 0.3) is 0 Å². The molecule has 0 saturated carbocycles. The lowest BCUT2D eigenvalue weighted by atomic mass is 10.2. The molecular weight excluding hydrogens is 317 g/mol. The number of imidazole rings is 1. The number of nitrogens with zero attached hydrogens (tertiary/aromatic N) is 2. The number of nitrogens with one attached hydrogen (secondary N) is 1. The third-order valence-electron chi connectivity index (χ3n) is 3.13. The Bertz CT molecular complexity index is 673. The lowest BCUT2D eigenvalue weighted by Gasteiger charge is -2.13. The highest BCUT2D eigenvalue weighted by Crippen LogP contribution is 2.24. The van der Waals surface area contributed by atoms with Crippen LogP contribution in [0.15, 0.2) is 35.6 Å². The molecule has 0 atom stereocenters. The summed E-state index contributed by atoms with van der Waals surface area (Å²) in [4.78, 5) is 16.2. The standard InChI is InChI=1S/C16H20FN3O2S/c1-11(2)19-15(22)8-20-13(9-21)7-18-16(20)23-10-12-5-3-4-6-14(12)17/h3-7,11,21H,8-10H2,1-2H3,(H,19,22). The summed E-state index contributed by atoms with van der Waals surface area (Å²) in [6, 6.07) is 6.59. The molecule has 0 radical (unpaired) electrons. The lowest BCUT2D eigenvalue weighted by Crippen LogP contribution is -2.33. The molecule has 2 N–H and O–H groups in total. The van der Waals surface area contributed by atoms with Crippen LogP contribution in [0, 0.1) is 5.82 Å².